The molecule has 0 saturated carbocycles. The second-order valence-corrected chi connectivity index (χ2v) is 4.59. The molecule has 0 atom stereocenters. The Kier molecular flexibility index (Phi) is 5.15. The van der Waals surface area contributed by atoms with Crippen LogP contribution < -0.4 is 11.1 Å². The van der Waals surface area contributed by atoms with Crippen molar-refractivity contribution >= 4 is 33.4 Å². The predicted molar refractivity (Wildman–Crippen MR) is 74.2 cm³/mol. The van der Waals surface area contributed by atoms with Crippen LogP contribution in [0, 0.1) is 0 Å². The lowest BCUT2D eigenvalue weighted by Crippen LogP contribution is -2.38. The lowest BCUT2D eigenvalue weighted by molar-refractivity contribution is -0.128. The number of nitrogens with one attached hydrogen (secondary N) is 1. The van der Waals surface area contributed by atoms with Gasteiger partial charge in [0.2, 0.25) is 5.91 Å². The Hall–Kier alpha value is -1.56. The summed E-state index contributed by atoms with van der Waals surface area (Å²) in [5.74, 6) is -0.460. The van der Waals surface area contributed by atoms with Crippen LogP contribution in [-0.2, 0) is 4.79 Å². The Morgan fingerprint density at radius 2 is 2.11 bits per heavy atom. The van der Waals surface area contributed by atoms with Crippen molar-refractivity contribution in [3.05, 3.63) is 28.2 Å². The van der Waals surface area contributed by atoms with Gasteiger partial charge in [0.1, 0.15) is 0 Å². The average Bonchev–Trinajstić information content (AvgIpc) is 2.37. The molecule has 18 heavy (non-hydrogen) atoms. The van der Waals surface area contributed by atoms with Crippen molar-refractivity contribution < 1.29 is 9.59 Å². The van der Waals surface area contributed by atoms with E-state index in [1.165, 1.54) is 4.90 Å². The zero-order chi connectivity index (χ0) is 13.7. The molecule has 0 heterocycles. The molecule has 0 aromatic heterocycles. The van der Waals surface area contributed by atoms with Crippen molar-refractivity contribution in [2.45, 2.75) is 6.92 Å². The van der Waals surface area contributed by atoms with E-state index in [0.717, 1.165) is 0 Å². The van der Waals surface area contributed by atoms with E-state index in [4.69, 9.17) is 5.73 Å². The first-order valence-electron chi connectivity index (χ1n) is 5.53. The maximum atomic E-state index is 11.9. The van der Waals surface area contributed by atoms with E-state index in [2.05, 4.69) is 21.2 Å². The number of rotatable bonds is 4. The van der Waals surface area contributed by atoms with Crippen LogP contribution in [0.25, 0.3) is 0 Å². The second kappa shape index (κ2) is 6.39. The average molecular weight is 314 g/mol. The van der Waals surface area contributed by atoms with Gasteiger partial charge >= 0.3 is 0 Å². The summed E-state index contributed by atoms with van der Waals surface area (Å²) in [6.45, 7) is 2.45. The molecule has 1 rings (SSSR count). The van der Waals surface area contributed by atoms with Crippen LogP contribution in [0.2, 0.25) is 0 Å². The number of hydrogen-bond acceptors (Lipinski definition) is 3. The summed E-state index contributed by atoms with van der Waals surface area (Å²) in [6, 6.07) is 5.02. The lowest BCUT2D eigenvalue weighted by atomic mass is 10.2. The normalized spacial score (nSPS) is 9.94. The number of nitrogen functional groups attached to an aromatic ring is 1. The molecule has 0 saturated heterocycles. The van der Waals surface area contributed by atoms with Crippen LogP contribution >= 0.6 is 15.9 Å². The number of nitrogens with zero attached hydrogens (tertiary/aromatic N) is 1. The largest absolute Gasteiger partial charge is 0.398 e. The summed E-state index contributed by atoms with van der Waals surface area (Å²) < 4.78 is 0.541. The van der Waals surface area contributed by atoms with Gasteiger partial charge in [-0.3, -0.25) is 9.59 Å². The molecule has 0 bridgehead atoms. The lowest BCUT2D eigenvalue weighted by Gasteiger charge is -2.15. The zero-order valence-electron chi connectivity index (χ0n) is 10.4. The highest BCUT2D eigenvalue weighted by molar-refractivity contribution is 9.10. The fourth-order valence-corrected chi connectivity index (χ4v) is 1.73. The third kappa shape index (κ3) is 3.46. The number of amides is 2. The molecule has 6 heteroatoms. The van der Waals surface area contributed by atoms with Crippen LogP contribution in [0.4, 0.5) is 5.69 Å². The summed E-state index contributed by atoms with van der Waals surface area (Å²) in [6.07, 6.45) is 0. The van der Waals surface area contributed by atoms with Gasteiger partial charge in [0, 0.05) is 19.3 Å². The van der Waals surface area contributed by atoms with Gasteiger partial charge < -0.3 is 16.0 Å². The first kappa shape index (κ1) is 14.5. The van der Waals surface area contributed by atoms with E-state index in [0.29, 0.717) is 22.3 Å². The quantitative estimate of drug-likeness (QED) is 0.821. The first-order chi connectivity index (χ1) is 8.47. The van der Waals surface area contributed by atoms with Gasteiger partial charge in [-0.2, -0.15) is 0 Å². The minimum absolute atomic E-state index is 0.0234. The number of carbonyl (C=O) groups is 2. The third-order valence-corrected chi connectivity index (χ3v) is 3.46. The number of anilines is 1. The van der Waals surface area contributed by atoms with Crippen molar-refractivity contribution in [1.29, 1.82) is 0 Å². The van der Waals surface area contributed by atoms with Gasteiger partial charge in [-0.1, -0.05) is 6.07 Å². The number of nitrogens with two attached hydrogens (primary N) is 1. The SMILES string of the molecule is CCN(C)C(=O)CNC(=O)c1cccc(N)c1Br. The Balaban J connectivity index is 2.67. The van der Waals surface area contributed by atoms with E-state index in [9.17, 15) is 9.59 Å². The van der Waals surface area contributed by atoms with Gasteiger partial charge in [0.25, 0.3) is 5.91 Å². The maximum absolute atomic E-state index is 11.9. The second-order valence-electron chi connectivity index (χ2n) is 3.80. The summed E-state index contributed by atoms with van der Waals surface area (Å²) in [5, 5.41) is 2.57. The summed E-state index contributed by atoms with van der Waals surface area (Å²) in [4.78, 5) is 24.9. The highest BCUT2D eigenvalue weighted by Crippen LogP contribution is 2.23. The standard InChI is InChI=1S/C12H16BrN3O2/c1-3-16(2)10(17)7-15-12(18)8-5-4-6-9(14)11(8)13/h4-6H,3,7,14H2,1-2H3,(H,15,18). The fraction of sp³-hybridized carbons (Fsp3) is 0.333. The Labute approximate surface area is 114 Å². The van der Waals surface area contributed by atoms with Gasteiger partial charge in [0.15, 0.2) is 0 Å². The van der Waals surface area contributed by atoms with Crippen LogP contribution in [0.5, 0.6) is 0 Å². The summed E-state index contributed by atoms with van der Waals surface area (Å²) in [7, 11) is 1.69. The monoisotopic (exact) mass is 313 g/mol. The minimum atomic E-state index is -0.327. The van der Waals surface area contributed by atoms with E-state index in [1.807, 2.05) is 6.92 Å². The predicted octanol–water partition coefficient (Wildman–Crippen LogP) is 1.24. The van der Waals surface area contributed by atoms with Crippen LogP contribution in [0.15, 0.2) is 22.7 Å². The molecule has 0 aliphatic carbocycles. The molecule has 0 unspecified atom stereocenters. The summed E-state index contributed by atoms with van der Waals surface area (Å²) >= 11 is 3.25. The fourth-order valence-electron chi connectivity index (χ4n) is 1.29. The molecule has 0 aliphatic heterocycles. The van der Waals surface area contributed by atoms with Crippen molar-refractivity contribution in [2.75, 3.05) is 25.9 Å². The highest BCUT2D eigenvalue weighted by atomic mass is 79.9. The molecular formula is C12H16BrN3O2. The van der Waals surface area contributed by atoms with Gasteiger partial charge in [-0.05, 0) is 35.0 Å². The van der Waals surface area contributed by atoms with Crippen LogP contribution in [-0.4, -0.2) is 36.9 Å². The molecule has 1 aromatic rings. The molecule has 0 fully saturated rings. The third-order valence-electron chi connectivity index (χ3n) is 2.57. The van der Waals surface area contributed by atoms with E-state index in [-0.39, 0.29) is 18.4 Å². The number of likely N-dealkylation sites (N-methyl/N-ethyl adjacent to an activating group) is 1. The number of hydrogen-bond donors (Lipinski definition) is 2. The molecule has 2 amide bonds. The molecule has 5 nitrogen and oxygen atoms in total. The van der Waals surface area contributed by atoms with Crippen molar-refractivity contribution in [1.82, 2.24) is 10.2 Å². The van der Waals surface area contributed by atoms with Crippen LogP contribution in [0.1, 0.15) is 17.3 Å². The first-order valence-corrected chi connectivity index (χ1v) is 6.32. The number of benzene rings is 1. The van der Waals surface area contributed by atoms with Crippen LogP contribution in [0.3, 0.4) is 0 Å². The Morgan fingerprint density at radius 3 is 2.72 bits per heavy atom. The number of carbonyl (C=O) groups excluding carboxylic acids is 2. The molecule has 0 aliphatic rings. The van der Waals surface area contributed by atoms with E-state index < -0.39 is 0 Å². The van der Waals surface area contributed by atoms with Gasteiger partial charge in [-0.15, -0.1) is 0 Å². The number of halogens is 1. The molecule has 0 radical (unpaired) electrons. The van der Waals surface area contributed by atoms with Gasteiger partial charge in [-0.25, -0.2) is 0 Å². The topological polar surface area (TPSA) is 75.4 Å². The molecule has 1 aromatic carbocycles. The molecular weight excluding hydrogens is 298 g/mol. The van der Waals surface area contributed by atoms with E-state index in [1.54, 1.807) is 25.2 Å². The van der Waals surface area contributed by atoms with E-state index >= 15 is 0 Å². The Morgan fingerprint density at radius 1 is 1.44 bits per heavy atom. The molecule has 3 N–H and O–H groups in total. The smallest absolute Gasteiger partial charge is 0.252 e. The van der Waals surface area contributed by atoms with Gasteiger partial charge in [0.05, 0.1) is 16.6 Å². The van der Waals surface area contributed by atoms with Crippen molar-refractivity contribution in [3.63, 3.8) is 0 Å². The van der Waals surface area contributed by atoms with Crippen molar-refractivity contribution in [2.24, 2.45) is 0 Å². The van der Waals surface area contributed by atoms with Crippen molar-refractivity contribution in [3.8, 4) is 0 Å². The molecule has 0 spiro atoms. The Bertz CT molecular complexity index is 463. The minimum Gasteiger partial charge on any atom is -0.398 e. The highest BCUT2D eigenvalue weighted by Gasteiger charge is 2.13. The maximum Gasteiger partial charge on any atom is 0.252 e. The zero-order valence-corrected chi connectivity index (χ0v) is 12.0. The molecule has 98 valence electrons. The summed E-state index contributed by atoms with van der Waals surface area (Å²) in [5.41, 5.74) is 6.59.